The molecule has 6 heteroatoms. The summed E-state index contributed by atoms with van der Waals surface area (Å²) < 4.78 is 6.70. The first kappa shape index (κ1) is 15.8. The molecule has 1 unspecified atom stereocenters. The Labute approximate surface area is 143 Å². The molecule has 0 aliphatic rings. The molecule has 0 fully saturated rings. The maximum Gasteiger partial charge on any atom is 0.266 e. The minimum absolute atomic E-state index is 0.239. The third kappa shape index (κ3) is 3.63. The van der Waals surface area contributed by atoms with Crippen molar-refractivity contribution in [1.82, 2.24) is 4.98 Å². The van der Waals surface area contributed by atoms with Gasteiger partial charge in [0.1, 0.15) is 5.75 Å². The predicted octanol–water partition coefficient (Wildman–Crippen LogP) is 4.66. The number of halogens is 1. The van der Waals surface area contributed by atoms with E-state index in [-0.39, 0.29) is 5.91 Å². The van der Waals surface area contributed by atoms with E-state index in [4.69, 9.17) is 16.3 Å². The lowest BCUT2D eigenvalue weighted by molar-refractivity contribution is -0.122. The molecule has 4 nitrogen and oxygen atoms in total. The van der Waals surface area contributed by atoms with Crippen molar-refractivity contribution in [3.63, 3.8) is 0 Å². The van der Waals surface area contributed by atoms with Crippen LogP contribution in [0.3, 0.4) is 0 Å². The van der Waals surface area contributed by atoms with Crippen LogP contribution in [-0.2, 0) is 4.79 Å². The Kier molecular flexibility index (Phi) is 4.50. The summed E-state index contributed by atoms with van der Waals surface area (Å²) in [5.41, 5.74) is 1.78. The summed E-state index contributed by atoms with van der Waals surface area (Å²) in [5.74, 6) is 0.371. The van der Waals surface area contributed by atoms with Gasteiger partial charge in [0.25, 0.3) is 5.91 Å². The Bertz CT molecular complexity index is 830. The summed E-state index contributed by atoms with van der Waals surface area (Å²) in [5, 5.41) is 4.03. The smallest absolute Gasteiger partial charge is 0.266 e. The topological polar surface area (TPSA) is 51.2 Å². The number of amides is 1. The van der Waals surface area contributed by atoms with Gasteiger partial charge in [0, 0.05) is 5.02 Å². The number of fused-ring (bicyclic) bond motifs is 1. The first-order valence-electron chi connectivity index (χ1n) is 7.12. The monoisotopic (exact) mass is 346 g/mol. The van der Waals surface area contributed by atoms with Gasteiger partial charge in [-0.15, -0.1) is 0 Å². The standard InChI is InChI=1S/C17H15ClN2O2S/c1-10-9-12(7-8-13(10)18)22-11(2)16(21)20-17-19-14-5-3-4-6-15(14)23-17/h3-9,11H,1-2H3,(H,19,20,21). The second-order valence-electron chi connectivity index (χ2n) is 5.15. The van der Waals surface area contributed by atoms with Crippen LogP contribution in [0.25, 0.3) is 10.2 Å². The van der Waals surface area contributed by atoms with Crippen LogP contribution >= 0.6 is 22.9 Å². The van der Waals surface area contributed by atoms with Crippen LogP contribution < -0.4 is 10.1 Å². The van der Waals surface area contributed by atoms with E-state index in [1.54, 1.807) is 19.1 Å². The second kappa shape index (κ2) is 6.56. The van der Waals surface area contributed by atoms with Crippen molar-refractivity contribution in [2.24, 2.45) is 0 Å². The van der Waals surface area contributed by atoms with E-state index < -0.39 is 6.10 Å². The number of aryl methyl sites for hydroxylation is 1. The molecular formula is C17H15ClN2O2S. The second-order valence-corrected chi connectivity index (χ2v) is 6.58. The lowest BCUT2D eigenvalue weighted by atomic mass is 10.2. The van der Waals surface area contributed by atoms with E-state index in [1.165, 1.54) is 11.3 Å². The van der Waals surface area contributed by atoms with E-state index in [1.807, 2.05) is 37.3 Å². The van der Waals surface area contributed by atoms with Gasteiger partial charge in [-0.25, -0.2) is 4.98 Å². The number of rotatable bonds is 4. The number of para-hydroxylation sites is 1. The molecule has 1 amide bonds. The zero-order valence-electron chi connectivity index (χ0n) is 12.7. The molecule has 1 heterocycles. The third-order valence-electron chi connectivity index (χ3n) is 3.34. The molecule has 118 valence electrons. The number of hydrogen-bond donors (Lipinski definition) is 1. The summed E-state index contributed by atoms with van der Waals surface area (Å²) in [7, 11) is 0. The van der Waals surface area contributed by atoms with Crippen molar-refractivity contribution in [2.75, 3.05) is 5.32 Å². The highest BCUT2D eigenvalue weighted by molar-refractivity contribution is 7.22. The Balaban J connectivity index is 1.68. The zero-order valence-corrected chi connectivity index (χ0v) is 14.2. The van der Waals surface area contributed by atoms with E-state index >= 15 is 0 Å². The maximum atomic E-state index is 12.2. The minimum Gasteiger partial charge on any atom is -0.481 e. The van der Waals surface area contributed by atoms with Gasteiger partial charge >= 0.3 is 0 Å². The number of aromatic nitrogens is 1. The highest BCUT2D eigenvalue weighted by atomic mass is 35.5. The summed E-state index contributed by atoms with van der Waals surface area (Å²) in [6, 6.07) is 13.1. The highest BCUT2D eigenvalue weighted by Gasteiger charge is 2.17. The lowest BCUT2D eigenvalue weighted by Gasteiger charge is -2.14. The SMILES string of the molecule is Cc1cc(OC(C)C(=O)Nc2nc3ccccc3s2)ccc1Cl. The van der Waals surface area contributed by atoms with Crippen molar-refractivity contribution in [3.05, 3.63) is 53.1 Å². The van der Waals surface area contributed by atoms with E-state index in [9.17, 15) is 4.79 Å². The molecule has 0 bridgehead atoms. The molecule has 1 atom stereocenters. The average Bonchev–Trinajstić information content (AvgIpc) is 2.93. The van der Waals surface area contributed by atoms with Crippen molar-refractivity contribution >= 4 is 44.2 Å². The molecule has 23 heavy (non-hydrogen) atoms. The summed E-state index contributed by atoms with van der Waals surface area (Å²) in [6.45, 7) is 3.59. The number of ether oxygens (including phenoxy) is 1. The predicted molar refractivity (Wildman–Crippen MR) is 94.5 cm³/mol. The van der Waals surface area contributed by atoms with Gasteiger partial charge in [0.2, 0.25) is 0 Å². The molecule has 1 N–H and O–H groups in total. The maximum absolute atomic E-state index is 12.2. The van der Waals surface area contributed by atoms with Gasteiger partial charge < -0.3 is 4.74 Å². The fourth-order valence-electron chi connectivity index (χ4n) is 2.08. The minimum atomic E-state index is -0.636. The molecule has 1 aromatic heterocycles. The number of anilines is 1. The fraction of sp³-hybridized carbons (Fsp3) is 0.176. The van der Waals surface area contributed by atoms with Gasteiger partial charge in [-0.3, -0.25) is 10.1 Å². The molecule has 2 aromatic carbocycles. The van der Waals surface area contributed by atoms with Crippen molar-refractivity contribution in [3.8, 4) is 5.75 Å². The van der Waals surface area contributed by atoms with Gasteiger partial charge in [-0.1, -0.05) is 35.1 Å². The Morgan fingerprint density at radius 1 is 1.30 bits per heavy atom. The van der Waals surface area contributed by atoms with Crippen LogP contribution in [0, 0.1) is 6.92 Å². The Morgan fingerprint density at radius 2 is 2.09 bits per heavy atom. The van der Waals surface area contributed by atoms with Gasteiger partial charge in [0.05, 0.1) is 10.2 Å². The molecule has 0 radical (unpaired) electrons. The summed E-state index contributed by atoms with van der Waals surface area (Å²) >= 11 is 7.42. The van der Waals surface area contributed by atoms with Crippen molar-refractivity contribution < 1.29 is 9.53 Å². The number of carbonyl (C=O) groups excluding carboxylic acids is 1. The average molecular weight is 347 g/mol. The largest absolute Gasteiger partial charge is 0.481 e. The number of carbonyl (C=O) groups is 1. The number of nitrogens with one attached hydrogen (secondary N) is 1. The van der Waals surface area contributed by atoms with Crippen LogP contribution in [0.4, 0.5) is 5.13 Å². The fourth-order valence-corrected chi connectivity index (χ4v) is 3.07. The van der Waals surface area contributed by atoms with E-state index in [0.717, 1.165) is 15.8 Å². The molecule has 0 aliphatic carbocycles. The molecule has 0 aliphatic heterocycles. The lowest BCUT2D eigenvalue weighted by Crippen LogP contribution is -2.30. The Hall–Kier alpha value is -2.11. The molecule has 0 saturated carbocycles. The Morgan fingerprint density at radius 3 is 2.83 bits per heavy atom. The molecule has 0 saturated heterocycles. The van der Waals surface area contributed by atoms with Gasteiger partial charge in [0.15, 0.2) is 11.2 Å². The van der Waals surface area contributed by atoms with E-state index in [2.05, 4.69) is 10.3 Å². The summed E-state index contributed by atoms with van der Waals surface area (Å²) in [4.78, 5) is 16.6. The number of nitrogens with zero attached hydrogens (tertiary/aromatic N) is 1. The first-order valence-corrected chi connectivity index (χ1v) is 8.31. The van der Waals surface area contributed by atoms with Gasteiger partial charge in [-0.05, 0) is 49.7 Å². The summed E-state index contributed by atoms with van der Waals surface area (Å²) in [6.07, 6.45) is -0.636. The number of benzene rings is 2. The van der Waals surface area contributed by atoms with Crippen LogP contribution in [0.1, 0.15) is 12.5 Å². The quantitative estimate of drug-likeness (QED) is 0.747. The zero-order chi connectivity index (χ0) is 16.4. The van der Waals surface area contributed by atoms with Crippen LogP contribution in [0.15, 0.2) is 42.5 Å². The van der Waals surface area contributed by atoms with E-state index in [0.29, 0.717) is 15.9 Å². The molecule has 3 aromatic rings. The third-order valence-corrected chi connectivity index (χ3v) is 4.71. The molecule has 0 spiro atoms. The van der Waals surface area contributed by atoms with Crippen LogP contribution in [0.2, 0.25) is 5.02 Å². The van der Waals surface area contributed by atoms with Gasteiger partial charge in [-0.2, -0.15) is 0 Å². The van der Waals surface area contributed by atoms with Crippen molar-refractivity contribution in [1.29, 1.82) is 0 Å². The first-order chi connectivity index (χ1) is 11.0. The number of thiazole rings is 1. The van der Waals surface area contributed by atoms with Crippen LogP contribution in [-0.4, -0.2) is 17.0 Å². The number of hydrogen-bond acceptors (Lipinski definition) is 4. The van der Waals surface area contributed by atoms with Crippen LogP contribution in [0.5, 0.6) is 5.75 Å². The normalized spacial score (nSPS) is 12.1. The highest BCUT2D eigenvalue weighted by Crippen LogP contribution is 2.26. The van der Waals surface area contributed by atoms with Crippen molar-refractivity contribution in [2.45, 2.75) is 20.0 Å². The molecule has 3 rings (SSSR count). The molecular weight excluding hydrogens is 332 g/mol.